The van der Waals surface area contributed by atoms with Crippen LogP contribution in [-0.2, 0) is 20.7 Å². The summed E-state index contributed by atoms with van der Waals surface area (Å²) in [5.74, 6) is -0.731. The van der Waals surface area contributed by atoms with Gasteiger partial charge < -0.3 is 15.4 Å². The molecule has 7 heteroatoms. The minimum atomic E-state index is -1.01. The molecule has 2 rings (SSSR count). The van der Waals surface area contributed by atoms with Crippen molar-refractivity contribution < 1.29 is 19.1 Å². The number of nitrogens with zero attached hydrogens (tertiary/aromatic N) is 1. The predicted octanol–water partition coefficient (Wildman–Crippen LogP) is 5.10. The molecule has 0 spiro atoms. The van der Waals surface area contributed by atoms with Gasteiger partial charge in [0, 0.05) is 12.1 Å². The summed E-state index contributed by atoms with van der Waals surface area (Å²) in [6.45, 7) is 11.2. The number of amides is 3. The van der Waals surface area contributed by atoms with Crippen molar-refractivity contribution in [1.29, 1.82) is 0 Å². The molecule has 1 fully saturated rings. The third-order valence-electron chi connectivity index (χ3n) is 6.23. The number of nitrogens with one attached hydrogen (secondary N) is 2. The van der Waals surface area contributed by atoms with Crippen molar-refractivity contribution >= 4 is 17.9 Å². The van der Waals surface area contributed by atoms with Gasteiger partial charge in [0.25, 0.3) is 5.91 Å². The maximum atomic E-state index is 13.8. The van der Waals surface area contributed by atoms with Crippen molar-refractivity contribution in [3.8, 4) is 12.5 Å². The smallest absolute Gasteiger partial charge is 0.408 e. The molecule has 1 aliphatic rings. The van der Waals surface area contributed by atoms with Gasteiger partial charge in [0.05, 0.1) is 0 Å². The van der Waals surface area contributed by atoms with Crippen LogP contribution in [0.3, 0.4) is 0 Å². The Morgan fingerprint density at radius 1 is 1.11 bits per heavy atom. The van der Waals surface area contributed by atoms with Crippen LogP contribution in [0.2, 0.25) is 0 Å². The fraction of sp³-hybridized carbons (Fsp3) is 0.621. The lowest BCUT2D eigenvalue weighted by atomic mass is 9.94. The van der Waals surface area contributed by atoms with Crippen LogP contribution >= 0.6 is 0 Å². The molecular weight excluding hydrogens is 454 g/mol. The van der Waals surface area contributed by atoms with Gasteiger partial charge >= 0.3 is 6.09 Å². The third kappa shape index (κ3) is 8.89. The van der Waals surface area contributed by atoms with Crippen molar-refractivity contribution in [3.05, 3.63) is 35.4 Å². The first-order valence-electron chi connectivity index (χ1n) is 13.1. The number of carbonyl (C=O) groups excluding carboxylic acids is 3. The van der Waals surface area contributed by atoms with E-state index < -0.39 is 29.7 Å². The van der Waals surface area contributed by atoms with Crippen LogP contribution in [0.4, 0.5) is 4.79 Å². The third-order valence-corrected chi connectivity index (χ3v) is 6.23. The van der Waals surface area contributed by atoms with Crippen LogP contribution in [0, 0.1) is 18.4 Å². The van der Waals surface area contributed by atoms with Crippen molar-refractivity contribution in [3.63, 3.8) is 0 Å². The van der Waals surface area contributed by atoms with Crippen LogP contribution < -0.4 is 10.6 Å². The number of benzene rings is 1. The SMILES string of the molecule is C#CN(C(=O)C(CC(C)C)NC(=O)OC(C)(C)C)C(C(=O)NC1CCCCC1)c1ccc(CC)cc1. The highest BCUT2D eigenvalue weighted by molar-refractivity contribution is 5.93. The van der Waals surface area contributed by atoms with Crippen LogP contribution in [0.15, 0.2) is 24.3 Å². The minimum Gasteiger partial charge on any atom is -0.444 e. The molecule has 2 atom stereocenters. The summed E-state index contributed by atoms with van der Waals surface area (Å²) in [6.07, 6.45) is 11.5. The van der Waals surface area contributed by atoms with Gasteiger partial charge in [-0.1, -0.05) is 70.7 Å². The maximum Gasteiger partial charge on any atom is 0.408 e. The quantitative estimate of drug-likeness (QED) is 0.367. The van der Waals surface area contributed by atoms with Gasteiger partial charge in [0.1, 0.15) is 17.7 Å². The van der Waals surface area contributed by atoms with E-state index in [1.165, 1.54) is 0 Å². The topological polar surface area (TPSA) is 87.7 Å². The van der Waals surface area contributed by atoms with Gasteiger partial charge in [-0.05, 0) is 63.5 Å². The van der Waals surface area contributed by atoms with E-state index in [0.717, 1.165) is 49.0 Å². The molecule has 0 bridgehead atoms. The lowest BCUT2D eigenvalue weighted by Gasteiger charge is -2.32. The van der Waals surface area contributed by atoms with Crippen molar-refractivity contribution in [2.24, 2.45) is 5.92 Å². The molecule has 1 aromatic carbocycles. The number of carbonyl (C=O) groups is 3. The Bertz CT molecular complexity index is 921. The summed E-state index contributed by atoms with van der Waals surface area (Å²) < 4.78 is 5.38. The zero-order chi connectivity index (χ0) is 26.9. The second-order valence-electron chi connectivity index (χ2n) is 11.0. The number of hydrogen-bond acceptors (Lipinski definition) is 4. The fourth-order valence-corrected chi connectivity index (χ4v) is 4.46. The van der Waals surface area contributed by atoms with E-state index in [4.69, 9.17) is 11.2 Å². The highest BCUT2D eigenvalue weighted by Crippen LogP contribution is 2.26. The van der Waals surface area contributed by atoms with Gasteiger partial charge in [-0.25, -0.2) is 4.79 Å². The summed E-state index contributed by atoms with van der Waals surface area (Å²) in [4.78, 5) is 41.1. The Labute approximate surface area is 216 Å². The van der Waals surface area contributed by atoms with E-state index in [-0.39, 0.29) is 17.9 Å². The first kappa shape index (κ1) is 29.2. The Kier molecular flexibility index (Phi) is 10.8. The van der Waals surface area contributed by atoms with E-state index in [2.05, 4.69) is 23.6 Å². The molecule has 7 nitrogen and oxygen atoms in total. The van der Waals surface area contributed by atoms with E-state index in [1.807, 2.05) is 38.1 Å². The average molecular weight is 498 g/mol. The number of ether oxygens (including phenoxy) is 1. The molecule has 2 N–H and O–H groups in total. The molecule has 36 heavy (non-hydrogen) atoms. The van der Waals surface area contributed by atoms with Crippen molar-refractivity contribution in [2.45, 2.75) is 110 Å². The second-order valence-corrected chi connectivity index (χ2v) is 11.0. The molecular formula is C29H43N3O4. The van der Waals surface area contributed by atoms with Gasteiger partial charge in [0.2, 0.25) is 5.91 Å². The first-order chi connectivity index (χ1) is 16.9. The molecule has 0 aromatic heterocycles. The molecule has 0 saturated heterocycles. The lowest BCUT2D eigenvalue weighted by Crippen LogP contribution is -2.52. The molecule has 3 amide bonds. The van der Waals surface area contributed by atoms with E-state index in [0.29, 0.717) is 12.0 Å². The molecule has 1 aromatic rings. The zero-order valence-electron chi connectivity index (χ0n) is 22.7. The van der Waals surface area contributed by atoms with Crippen LogP contribution in [0.5, 0.6) is 0 Å². The molecule has 0 aliphatic heterocycles. The van der Waals surface area contributed by atoms with E-state index >= 15 is 0 Å². The van der Waals surface area contributed by atoms with Crippen molar-refractivity contribution in [2.75, 3.05) is 0 Å². The highest BCUT2D eigenvalue weighted by Gasteiger charge is 2.37. The first-order valence-corrected chi connectivity index (χ1v) is 13.1. The van der Waals surface area contributed by atoms with Crippen LogP contribution in [0.1, 0.15) is 97.2 Å². The Hall–Kier alpha value is -3.01. The maximum absolute atomic E-state index is 13.8. The molecule has 0 heterocycles. The molecule has 198 valence electrons. The largest absolute Gasteiger partial charge is 0.444 e. The average Bonchev–Trinajstić information content (AvgIpc) is 2.80. The fourth-order valence-electron chi connectivity index (χ4n) is 4.46. The van der Waals surface area contributed by atoms with Crippen LogP contribution in [-0.4, -0.2) is 40.5 Å². The molecule has 1 aliphatic carbocycles. The summed E-state index contributed by atoms with van der Waals surface area (Å²) in [5.41, 5.74) is 1.03. The van der Waals surface area contributed by atoms with Crippen LogP contribution in [0.25, 0.3) is 0 Å². The second kappa shape index (κ2) is 13.3. The normalized spacial score (nSPS) is 15.9. The van der Waals surface area contributed by atoms with Gasteiger partial charge in [-0.2, -0.15) is 0 Å². The van der Waals surface area contributed by atoms with Crippen molar-refractivity contribution in [1.82, 2.24) is 15.5 Å². The monoisotopic (exact) mass is 497 g/mol. The summed E-state index contributed by atoms with van der Waals surface area (Å²) in [7, 11) is 0. The summed E-state index contributed by atoms with van der Waals surface area (Å²) >= 11 is 0. The van der Waals surface area contributed by atoms with Gasteiger partial charge in [-0.3, -0.25) is 14.5 Å². The van der Waals surface area contributed by atoms with Gasteiger partial charge in [0.15, 0.2) is 0 Å². The van der Waals surface area contributed by atoms with E-state index in [9.17, 15) is 14.4 Å². The molecule has 0 radical (unpaired) electrons. The Morgan fingerprint density at radius 2 is 1.72 bits per heavy atom. The predicted molar refractivity (Wildman–Crippen MR) is 142 cm³/mol. The molecule has 2 unspecified atom stereocenters. The number of rotatable bonds is 9. The van der Waals surface area contributed by atoms with E-state index in [1.54, 1.807) is 20.8 Å². The number of alkyl carbamates (subject to hydrolysis) is 1. The Balaban J connectivity index is 2.38. The zero-order valence-corrected chi connectivity index (χ0v) is 22.7. The number of aryl methyl sites for hydroxylation is 1. The highest BCUT2D eigenvalue weighted by atomic mass is 16.6. The van der Waals surface area contributed by atoms with Gasteiger partial charge in [-0.15, -0.1) is 0 Å². The number of hydrogen-bond donors (Lipinski definition) is 2. The number of terminal acetylenes is 1. The summed E-state index contributed by atoms with van der Waals surface area (Å²) in [5, 5.41) is 5.81. The Morgan fingerprint density at radius 3 is 2.22 bits per heavy atom. The molecule has 1 saturated carbocycles. The standard InChI is InChI=1S/C29H43N3O4/c1-8-21-15-17-22(18-16-21)25(26(33)30-23-13-11-10-12-14-23)32(9-2)27(34)24(19-20(3)4)31-28(35)36-29(5,6)7/h2,15-18,20,23-25H,8,10-14,19H2,1,3-7H3,(H,30,33)(H,31,35). The minimum absolute atomic E-state index is 0.0599. The lowest BCUT2D eigenvalue weighted by molar-refractivity contribution is -0.139. The summed E-state index contributed by atoms with van der Waals surface area (Å²) in [6, 6.07) is 8.15.